The molecule has 18 heavy (non-hydrogen) atoms. The van der Waals surface area contributed by atoms with Crippen LogP contribution in [0.4, 0.5) is 0 Å². The molecule has 0 amide bonds. The summed E-state index contributed by atoms with van der Waals surface area (Å²) in [4.78, 5) is 0. The number of nitrogens with one attached hydrogen (secondary N) is 1. The highest BCUT2D eigenvalue weighted by molar-refractivity contribution is 5.20. The zero-order valence-corrected chi connectivity index (χ0v) is 11.1. The molecule has 0 radical (unpaired) electrons. The van der Waals surface area contributed by atoms with Gasteiger partial charge in [0.2, 0.25) is 0 Å². The van der Waals surface area contributed by atoms with Gasteiger partial charge in [-0.3, -0.25) is 0 Å². The molecular weight excluding hydrogens is 226 g/mol. The number of aliphatic hydroxyl groups excluding tert-OH is 1. The normalized spacial score (nSPS) is 27.3. The molecule has 1 aliphatic carbocycles. The van der Waals surface area contributed by atoms with Crippen LogP contribution in [0.3, 0.4) is 0 Å². The van der Waals surface area contributed by atoms with Gasteiger partial charge in [-0.2, -0.15) is 0 Å². The molecule has 0 spiro atoms. The van der Waals surface area contributed by atoms with E-state index in [4.69, 9.17) is 4.74 Å². The zero-order valence-electron chi connectivity index (χ0n) is 11.1. The summed E-state index contributed by atoms with van der Waals surface area (Å²) in [6.07, 6.45) is 4.43. The molecule has 1 saturated carbocycles. The molecule has 2 unspecified atom stereocenters. The summed E-state index contributed by atoms with van der Waals surface area (Å²) >= 11 is 0. The topological polar surface area (TPSA) is 41.5 Å². The standard InChI is InChI=1S/C15H23NO2/c1-16-15(12-17)10-5-6-13(15)9-11-18-14-7-3-2-4-8-14/h2-4,7-8,13,16-17H,5-6,9-12H2,1H3. The summed E-state index contributed by atoms with van der Waals surface area (Å²) in [6, 6.07) is 9.91. The maximum absolute atomic E-state index is 9.60. The number of rotatable bonds is 6. The Morgan fingerprint density at radius 2 is 2.17 bits per heavy atom. The Labute approximate surface area is 109 Å². The van der Waals surface area contributed by atoms with Crippen molar-refractivity contribution in [2.45, 2.75) is 31.2 Å². The lowest BCUT2D eigenvalue weighted by molar-refractivity contribution is 0.117. The fourth-order valence-corrected chi connectivity index (χ4v) is 3.02. The van der Waals surface area contributed by atoms with E-state index in [1.54, 1.807) is 0 Å². The van der Waals surface area contributed by atoms with E-state index >= 15 is 0 Å². The summed E-state index contributed by atoms with van der Waals surface area (Å²) in [5, 5.41) is 12.9. The van der Waals surface area contributed by atoms with Gasteiger partial charge in [-0.15, -0.1) is 0 Å². The Kier molecular flexibility index (Phi) is 4.61. The largest absolute Gasteiger partial charge is 0.494 e. The van der Waals surface area contributed by atoms with E-state index in [9.17, 15) is 5.11 Å². The molecule has 0 heterocycles. The lowest BCUT2D eigenvalue weighted by atomic mass is 9.86. The summed E-state index contributed by atoms with van der Waals surface area (Å²) in [6.45, 7) is 0.942. The Morgan fingerprint density at radius 1 is 1.39 bits per heavy atom. The second-order valence-corrected chi connectivity index (χ2v) is 5.10. The number of ether oxygens (including phenoxy) is 1. The van der Waals surface area contributed by atoms with Crippen molar-refractivity contribution in [2.75, 3.05) is 20.3 Å². The Hall–Kier alpha value is -1.06. The quantitative estimate of drug-likeness (QED) is 0.812. The monoisotopic (exact) mass is 249 g/mol. The van der Waals surface area contributed by atoms with Gasteiger partial charge in [0.15, 0.2) is 0 Å². The summed E-state index contributed by atoms with van der Waals surface area (Å²) < 4.78 is 5.74. The lowest BCUT2D eigenvalue weighted by Crippen LogP contribution is -2.49. The van der Waals surface area contributed by atoms with Crippen LogP contribution in [-0.4, -0.2) is 30.9 Å². The first-order chi connectivity index (χ1) is 8.80. The van der Waals surface area contributed by atoms with Gasteiger partial charge >= 0.3 is 0 Å². The molecule has 1 fully saturated rings. The summed E-state index contributed by atoms with van der Waals surface area (Å²) in [5.41, 5.74) is -0.0833. The minimum absolute atomic E-state index is 0.0833. The van der Waals surface area contributed by atoms with Crippen molar-refractivity contribution in [3.63, 3.8) is 0 Å². The van der Waals surface area contributed by atoms with Gasteiger partial charge in [-0.1, -0.05) is 24.6 Å². The minimum Gasteiger partial charge on any atom is -0.494 e. The van der Waals surface area contributed by atoms with Crippen LogP contribution >= 0.6 is 0 Å². The molecule has 1 aliphatic rings. The molecular formula is C15H23NO2. The van der Waals surface area contributed by atoms with Gasteiger partial charge in [0.05, 0.1) is 13.2 Å². The van der Waals surface area contributed by atoms with Gasteiger partial charge in [0, 0.05) is 5.54 Å². The van der Waals surface area contributed by atoms with Gasteiger partial charge in [-0.05, 0) is 44.4 Å². The van der Waals surface area contributed by atoms with E-state index in [1.165, 1.54) is 12.8 Å². The molecule has 2 N–H and O–H groups in total. The average molecular weight is 249 g/mol. The number of para-hydroxylation sites is 1. The van der Waals surface area contributed by atoms with Crippen LogP contribution in [0.5, 0.6) is 5.75 Å². The molecule has 0 aliphatic heterocycles. The maximum Gasteiger partial charge on any atom is 0.119 e. The Morgan fingerprint density at radius 3 is 2.83 bits per heavy atom. The third-order valence-corrected chi connectivity index (χ3v) is 4.22. The van der Waals surface area contributed by atoms with Crippen LogP contribution in [0.1, 0.15) is 25.7 Å². The molecule has 3 heteroatoms. The predicted octanol–water partition coefficient (Wildman–Crippen LogP) is 2.21. The molecule has 1 aromatic rings. The minimum atomic E-state index is -0.0833. The number of likely N-dealkylation sites (N-methyl/N-ethyl adjacent to an activating group) is 1. The van der Waals surface area contributed by atoms with Crippen molar-refractivity contribution in [1.29, 1.82) is 0 Å². The number of aliphatic hydroxyl groups is 1. The van der Waals surface area contributed by atoms with Crippen LogP contribution in [-0.2, 0) is 0 Å². The molecule has 0 aromatic heterocycles. The van der Waals surface area contributed by atoms with E-state index in [1.807, 2.05) is 37.4 Å². The summed E-state index contributed by atoms with van der Waals surface area (Å²) in [7, 11) is 1.95. The molecule has 2 atom stereocenters. The summed E-state index contributed by atoms with van der Waals surface area (Å²) in [5.74, 6) is 1.44. The van der Waals surface area contributed by atoms with Crippen molar-refractivity contribution < 1.29 is 9.84 Å². The Bertz CT molecular complexity index is 349. The van der Waals surface area contributed by atoms with Crippen molar-refractivity contribution in [3.8, 4) is 5.75 Å². The SMILES string of the molecule is CNC1(CO)CCCC1CCOc1ccccc1. The smallest absolute Gasteiger partial charge is 0.119 e. The molecule has 1 aromatic carbocycles. The maximum atomic E-state index is 9.60. The third kappa shape index (κ3) is 2.85. The molecule has 0 saturated heterocycles. The first-order valence-corrected chi connectivity index (χ1v) is 6.78. The highest BCUT2D eigenvalue weighted by atomic mass is 16.5. The molecule has 3 nitrogen and oxygen atoms in total. The third-order valence-electron chi connectivity index (χ3n) is 4.22. The van der Waals surface area contributed by atoms with Crippen molar-refractivity contribution in [3.05, 3.63) is 30.3 Å². The molecule has 2 rings (SSSR count). The van der Waals surface area contributed by atoms with Crippen molar-refractivity contribution >= 4 is 0 Å². The highest BCUT2D eigenvalue weighted by Crippen LogP contribution is 2.37. The first-order valence-electron chi connectivity index (χ1n) is 6.78. The second kappa shape index (κ2) is 6.21. The van der Waals surface area contributed by atoms with Crippen LogP contribution in [0.2, 0.25) is 0 Å². The van der Waals surface area contributed by atoms with E-state index in [0.717, 1.165) is 25.2 Å². The lowest BCUT2D eigenvalue weighted by Gasteiger charge is -2.33. The van der Waals surface area contributed by atoms with E-state index in [2.05, 4.69) is 5.32 Å². The first kappa shape index (κ1) is 13.4. The van der Waals surface area contributed by atoms with Gasteiger partial charge < -0.3 is 15.2 Å². The van der Waals surface area contributed by atoms with Crippen LogP contribution in [0.15, 0.2) is 30.3 Å². The van der Waals surface area contributed by atoms with Gasteiger partial charge in [0.25, 0.3) is 0 Å². The Balaban J connectivity index is 1.83. The molecule has 0 bridgehead atoms. The number of benzene rings is 1. The van der Waals surface area contributed by atoms with E-state index < -0.39 is 0 Å². The van der Waals surface area contributed by atoms with Crippen LogP contribution in [0.25, 0.3) is 0 Å². The van der Waals surface area contributed by atoms with Crippen molar-refractivity contribution in [1.82, 2.24) is 5.32 Å². The fourth-order valence-electron chi connectivity index (χ4n) is 3.02. The number of hydrogen-bond donors (Lipinski definition) is 2. The average Bonchev–Trinajstić information content (AvgIpc) is 2.84. The fraction of sp³-hybridized carbons (Fsp3) is 0.600. The van der Waals surface area contributed by atoms with E-state index in [0.29, 0.717) is 5.92 Å². The molecule has 100 valence electrons. The van der Waals surface area contributed by atoms with Crippen molar-refractivity contribution in [2.24, 2.45) is 5.92 Å². The zero-order chi connectivity index (χ0) is 12.8. The van der Waals surface area contributed by atoms with Crippen LogP contribution < -0.4 is 10.1 Å². The van der Waals surface area contributed by atoms with E-state index in [-0.39, 0.29) is 12.1 Å². The second-order valence-electron chi connectivity index (χ2n) is 5.10. The number of hydrogen-bond acceptors (Lipinski definition) is 3. The predicted molar refractivity (Wildman–Crippen MR) is 72.8 cm³/mol. The highest BCUT2D eigenvalue weighted by Gasteiger charge is 2.40. The van der Waals surface area contributed by atoms with Gasteiger partial charge in [-0.25, -0.2) is 0 Å². The van der Waals surface area contributed by atoms with Gasteiger partial charge in [0.1, 0.15) is 5.75 Å². The van der Waals surface area contributed by atoms with Crippen LogP contribution in [0, 0.1) is 5.92 Å².